The molecular weight excluding hydrogens is 535 g/mol. The summed E-state index contributed by atoms with van der Waals surface area (Å²) in [6.07, 6.45) is -3.09. The van der Waals surface area contributed by atoms with Crippen LogP contribution in [0.4, 0.5) is 43.9 Å². The topological polar surface area (TPSA) is 63.2 Å². The molecule has 0 aliphatic heterocycles. The molecule has 36 heavy (non-hydrogen) atoms. The lowest BCUT2D eigenvalue weighted by Crippen LogP contribution is -2.45. The highest BCUT2D eigenvalue weighted by molar-refractivity contribution is 7.78. The van der Waals surface area contributed by atoms with E-state index >= 15 is 0 Å². The summed E-state index contributed by atoms with van der Waals surface area (Å²) in [5.74, 6) is -29.3. The molecular formula is C21H16F10NO3P. The molecule has 0 spiro atoms. The van der Waals surface area contributed by atoms with E-state index in [1.54, 1.807) is 0 Å². The molecule has 2 aromatic carbocycles. The van der Waals surface area contributed by atoms with E-state index in [1.165, 1.54) is 13.8 Å². The highest BCUT2D eigenvalue weighted by atomic mass is 31.2. The number of Topliss-reactive ketones (excluding diaryl/α,β-unsaturated/α-hetero) is 1. The van der Waals surface area contributed by atoms with Gasteiger partial charge in [-0.1, -0.05) is 0 Å². The zero-order valence-corrected chi connectivity index (χ0v) is 19.5. The fourth-order valence-electron chi connectivity index (χ4n) is 3.52. The largest absolute Gasteiger partial charge is 0.351 e. The minimum atomic E-state index is -5.99. The van der Waals surface area contributed by atoms with Crippen molar-refractivity contribution in [2.24, 2.45) is 0 Å². The predicted octanol–water partition coefficient (Wildman–Crippen LogP) is 4.66. The lowest BCUT2D eigenvalue weighted by Gasteiger charge is -2.26. The third kappa shape index (κ3) is 5.28. The Balaban J connectivity index is 2.79. The fourth-order valence-corrected chi connectivity index (χ4v) is 6.37. The van der Waals surface area contributed by atoms with Crippen LogP contribution in [-0.4, -0.2) is 23.4 Å². The molecule has 0 atom stereocenters. The Morgan fingerprint density at radius 3 is 1.28 bits per heavy atom. The minimum absolute atomic E-state index is 0.258. The van der Waals surface area contributed by atoms with Gasteiger partial charge in [-0.05, 0) is 20.8 Å². The minimum Gasteiger partial charge on any atom is -0.351 e. The van der Waals surface area contributed by atoms with Crippen molar-refractivity contribution in [3.8, 4) is 0 Å². The van der Waals surface area contributed by atoms with Crippen LogP contribution in [0.15, 0.2) is 0 Å². The van der Waals surface area contributed by atoms with Gasteiger partial charge in [-0.15, -0.1) is 0 Å². The summed E-state index contributed by atoms with van der Waals surface area (Å²) >= 11 is 0. The van der Waals surface area contributed by atoms with Crippen LogP contribution in [0, 0.1) is 58.2 Å². The average Bonchev–Trinajstić information content (AvgIpc) is 2.76. The number of hydrogen-bond donors (Lipinski definition) is 1. The number of rotatable bonds is 8. The van der Waals surface area contributed by atoms with E-state index in [0.29, 0.717) is 0 Å². The van der Waals surface area contributed by atoms with Crippen LogP contribution < -0.4 is 15.9 Å². The molecule has 0 radical (unpaired) electrons. The van der Waals surface area contributed by atoms with Crippen molar-refractivity contribution < 1.29 is 58.1 Å². The normalized spacial score (nSPS) is 12.1. The molecule has 0 heterocycles. The van der Waals surface area contributed by atoms with E-state index in [1.807, 2.05) is 0 Å². The summed E-state index contributed by atoms with van der Waals surface area (Å²) in [6, 6.07) is 0. The van der Waals surface area contributed by atoms with Crippen molar-refractivity contribution in [2.75, 3.05) is 6.16 Å². The standard InChI is InChI=1S/C21H16F10NO3P/c1-7(33)6-21(2,3)32-8(34)4-5-36(35,19-15(28)11(24)9(22)12(25)16(19)29)20-17(30)13(26)10(23)14(27)18(20)31/h4-6H2,1-3H3,(H,32,34). The van der Waals surface area contributed by atoms with Crippen molar-refractivity contribution in [3.05, 3.63) is 58.2 Å². The number of carbonyl (C=O) groups excluding carboxylic acids is 2. The first kappa shape index (κ1) is 29.3. The summed E-state index contributed by atoms with van der Waals surface area (Å²) in [7, 11) is -5.99. The van der Waals surface area contributed by atoms with Gasteiger partial charge in [-0.25, -0.2) is 43.9 Å². The van der Waals surface area contributed by atoms with Gasteiger partial charge in [0.05, 0.1) is 10.6 Å². The van der Waals surface area contributed by atoms with E-state index in [2.05, 4.69) is 5.32 Å². The zero-order chi connectivity index (χ0) is 27.9. The van der Waals surface area contributed by atoms with Crippen LogP contribution in [0.1, 0.15) is 33.6 Å². The number of hydrogen-bond acceptors (Lipinski definition) is 3. The second-order valence-corrected chi connectivity index (χ2v) is 11.2. The Labute approximate surface area is 197 Å². The van der Waals surface area contributed by atoms with E-state index in [4.69, 9.17) is 0 Å². The quantitative estimate of drug-likeness (QED) is 0.225. The van der Waals surface area contributed by atoms with Gasteiger partial charge >= 0.3 is 0 Å². The first-order valence-electron chi connectivity index (χ1n) is 9.80. The van der Waals surface area contributed by atoms with Crippen molar-refractivity contribution >= 4 is 29.4 Å². The van der Waals surface area contributed by atoms with E-state index in [-0.39, 0.29) is 6.42 Å². The summed E-state index contributed by atoms with van der Waals surface area (Å²) in [5, 5.41) is -2.49. The van der Waals surface area contributed by atoms with E-state index in [0.717, 1.165) is 6.92 Å². The van der Waals surface area contributed by atoms with Crippen molar-refractivity contribution in [2.45, 2.75) is 39.2 Å². The molecule has 198 valence electrons. The number of amides is 1. The molecule has 4 nitrogen and oxygen atoms in total. The van der Waals surface area contributed by atoms with Gasteiger partial charge in [0.2, 0.25) is 17.5 Å². The van der Waals surface area contributed by atoms with Gasteiger partial charge in [0.1, 0.15) is 5.78 Å². The van der Waals surface area contributed by atoms with Crippen LogP contribution in [0.3, 0.4) is 0 Å². The molecule has 15 heteroatoms. The van der Waals surface area contributed by atoms with E-state index < -0.39 is 106 Å². The van der Waals surface area contributed by atoms with Crippen molar-refractivity contribution in [1.82, 2.24) is 5.32 Å². The number of nitrogens with one attached hydrogen (secondary N) is 1. The molecule has 0 saturated heterocycles. The van der Waals surface area contributed by atoms with E-state index in [9.17, 15) is 58.1 Å². The molecule has 1 N–H and O–H groups in total. The summed E-state index contributed by atoms with van der Waals surface area (Å²) in [5.41, 5.74) is -1.28. The maximum atomic E-state index is 14.5. The lowest BCUT2D eigenvalue weighted by molar-refractivity contribution is -0.123. The third-order valence-electron chi connectivity index (χ3n) is 4.92. The van der Waals surface area contributed by atoms with Crippen LogP contribution in [0.25, 0.3) is 0 Å². The maximum absolute atomic E-state index is 14.5. The average molecular weight is 551 g/mol. The third-order valence-corrected chi connectivity index (χ3v) is 8.00. The van der Waals surface area contributed by atoms with Gasteiger partial charge in [0.15, 0.2) is 53.7 Å². The highest BCUT2D eigenvalue weighted by Gasteiger charge is 2.45. The smallest absolute Gasteiger partial charge is 0.220 e. The molecule has 2 rings (SSSR count). The van der Waals surface area contributed by atoms with Gasteiger partial charge in [0, 0.05) is 24.5 Å². The number of ketones is 1. The molecule has 2 aromatic rings. The van der Waals surface area contributed by atoms with Crippen LogP contribution >= 0.6 is 7.14 Å². The molecule has 0 saturated carbocycles. The SMILES string of the molecule is CC(=O)CC(C)(C)NC(=O)CCP(=O)(c1c(F)c(F)c(F)c(F)c1F)c1c(F)c(F)c(F)c(F)c1F. The molecule has 0 bridgehead atoms. The van der Waals surface area contributed by atoms with Crippen LogP contribution in [-0.2, 0) is 14.2 Å². The van der Waals surface area contributed by atoms with Crippen molar-refractivity contribution in [3.63, 3.8) is 0 Å². The van der Waals surface area contributed by atoms with Gasteiger partial charge in [0.25, 0.3) is 0 Å². The summed E-state index contributed by atoms with van der Waals surface area (Å²) < 4.78 is 154. The fraction of sp³-hybridized carbons (Fsp3) is 0.333. The molecule has 0 aliphatic rings. The Hall–Kier alpha value is -2.89. The Bertz CT molecular complexity index is 1180. The molecule has 0 aliphatic carbocycles. The number of halogens is 10. The predicted molar refractivity (Wildman–Crippen MR) is 106 cm³/mol. The van der Waals surface area contributed by atoms with Gasteiger partial charge in [-0.2, -0.15) is 0 Å². The second kappa shape index (κ2) is 10.2. The first-order chi connectivity index (χ1) is 16.4. The summed E-state index contributed by atoms with van der Waals surface area (Å²) in [6.45, 7) is 3.83. The van der Waals surface area contributed by atoms with Gasteiger partial charge in [-0.3, -0.25) is 9.59 Å². The van der Waals surface area contributed by atoms with Gasteiger partial charge < -0.3 is 9.88 Å². The maximum Gasteiger partial charge on any atom is 0.220 e. The number of benzene rings is 2. The molecule has 1 amide bonds. The second-order valence-electron chi connectivity index (χ2n) is 8.36. The number of carbonyl (C=O) groups is 2. The lowest BCUT2D eigenvalue weighted by atomic mass is 9.98. The summed E-state index contributed by atoms with van der Waals surface area (Å²) in [4.78, 5) is 23.6. The molecule has 0 unspecified atom stereocenters. The Kier molecular flexibility index (Phi) is 8.34. The highest BCUT2D eigenvalue weighted by Crippen LogP contribution is 2.48. The van der Waals surface area contributed by atoms with Crippen LogP contribution in [0.5, 0.6) is 0 Å². The zero-order valence-electron chi connectivity index (χ0n) is 18.6. The van der Waals surface area contributed by atoms with Crippen molar-refractivity contribution in [1.29, 1.82) is 0 Å². The monoisotopic (exact) mass is 551 g/mol. The van der Waals surface area contributed by atoms with Crippen LogP contribution in [0.2, 0.25) is 0 Å². The Morgan fingerprint density at radius 2 is 0.972 bits per heavy atom. The molecule has 0 fully saturated rings. The Morgan fingerprint density at radius 1 is 0.667 bits per heavy atom. The molecule has 0 aromatic heterocycles. The first-order valence-corrected chi connectivity index (χ1v) is 11.7.